The lowest BCUT2D eigenvalue weighted by atomic mass is 10.3. The minimum absolute atomic E-state index is 0.103. The maximum Gasteiger partial charge on any atom is 0.253 e. The largest absolute Gasteiger partial charge is 0.485 e. The molecule has 1 fully saturated rings. The smallest absolute Gasteiger partial charge is 0.253 e. The summed E-state index contributed by atoms with van der Waals surface area (Å²) in [5.41, 5.74) is 2.80. The number of fused-ring (bicyclic) bond motifs is 1. The summed E-state index contributed by atoms with van der Waals surface area (Å²) in [6, 6.07) is 0. The molecule has 1 atom stereocenters. The molecule has 8 nitrogen and oxygen atoms in total. The first-order valence-electron chi connectivity index (χ1n) is 7.99. The molecular weight excluding hydrogens is 306 g/mol. The quantitative estimate of drug-likeness (QED) is 0.721. The number of aryl methyl sites for hydroxylation is 3. The van der Waals surface area contributed by atoms with Crippen LogP contribution >= 0.6 is 0 Å². The van der Waals surface area contributed by atoms with Gasteiger partial charge in [-0.2, -0.15) is 9.50 Å². The van der Waals surface area contributed by atoms with Crippen LogP contribution in [-0.2, 0) is 0 Å². The van der Waals surface area contributed by atoms with Crippen LogP contribution in [0.15, 0.2) is 18.7 Å². The zero-order chi connectivity index (χ0) is 16.7. The average molecular weight is 325 g/mol. The molecule has 0 N–H and O–H groups in total. The number of hydrogen-bond donors (Lipinski definition) is 0. The van der Waals surface area contributed by atoms with Crippen LogP contribution in [0.5, 0.6) is 5.75 Å². The molecule has 4 heterocycles. The summed E-state index contributed by atoms with van der Waals surface area (Å²) in [5.74, 6) is 2.12. The molecular formula is C16H19N7O. The Kier molecular flexibility index (Phi) is 3.51. The van der Waals surface area contributed by atoms with E-state index >= 15 is 0 Å². The highest BCUT2D eigenvalue weighted by Crippen LogP contribution is 2.27. The monoisotopic (exact) mass is 325 g/mol. The fourth-order valence-corrected chi connectivity index (χ4v) is 3.11. The van der Waals surface area contributed by atoms with Gasteiger partial charge in [0.1, 0.15) is 18.3 Å². The van der Waals surface area contributed by atoms with Crippen LogP contribution in [0.1, 0.15) is 23.6 Å². The van der Waals surface area contributed by atoms with Gasteiger partial charge in [-0.1, -0.05) is 0 Å². The molecule has 124 valence electrons. The van der Waals surface area contributed by atoms with Crippen molar-refractivity contribution in [3.05, 3.63) is 35.9 Å². The van der Waals surface area contributed by atoms with E-state index in [4.69, 9.17) is 4.74 Å². The van der Waals surface area contributed by atoms with Crippen LogP contribution in [0.3, 0.4) is 0 Å². The van der Waals surface area contributed by atoms with Gasteiger partial charge in [-0.15, -0.1) is 5.10 Å². The van der Waals surface area contributed by atoms with E-state index in [9.17, 15) is 0 Å². The van der Waals surface area contributed by atoms with Gasteiger partial charge in [0.25, 0.3) is 5.78 Å². The second kappa shape index (κ2) is 5.70. The zero-order valence-electron chi connectivity index (χ0n) is 14.0. The van der Waals surface area contributed by atoms with Gasteiger partial charge in [0.2, 0.25) is 0 Å². The molecule has 1 aliphatic rings. The third-order valence-corrected chi connectivity index (χ3v) is 4.28. The van der Waals surface area contributed by atoms with Crippen molar-refractivity contribution in [2.75, 3.05) is 18.0 Å². The Balaban J connectivity index is 1.57. The van der Waals surface area contributed by atoms with Gasteiger partial charge >= 0.3 is 0 Å². The van der Waals surface area contributed by atoms with E-state index in [1.54, 1.807) is 10.8 Å². The number of nitrogens with zero attached hydrogens (tertiary/aromatic N) is 7. The Morgan fingerprint density at radius 1 is 1.12 bits per heavy atom. The number of anilines is 1. The molecule has 3 aromatic heterocycles. The van der Waals surface area contributed by atoms with Crippen LogP contribution < -0.4 is 9.64 Å². The Morgan fingerprint density at radius 3 is 2.71 bits per heavy atom. The van der Waals surface area contributed by atoms with E-state index < -0.39 is 0 Å². The molecule has 0 saturated carbocycles. The van der Waals surface area contributed by atoms with Crippen molar-refractivity contribution < 1.29 is 4.74 Å². The summed E-state index contributed by atoms with van der Waals surface area (Å²) in [6.45, 7) is 7.53. The van der Waals surface area contributed by atoms with E-state index in [1.807, 2.05) is 33.2 Å². The Labute approximate surface area is 139 Å². The third kappa shape index (κ3) is 2.53. The molecule has 8 heteroatoms. The summed E-state index contributed by atoms with van der Waals surface area (Å²) in [6.07, 6.45) is 6.25. The van der Waals surface area contributed by atoms with Gasteiger partial charge in [0.15, 0.2) is 5.75 Å². The highest BCUT2D eigenvalue weighted by molar-refractivity contribution is 5.44. The predicted molar refractivity (Wildman–Crippen MR) is 88.3 cm³/mol. The van der Waals surface area contributed by atoms with Gasteiger partial charge in [0.05, 0.1) is 36.0 Å². The summed E-state index contributed by atoms with van der Waals surface area (Å²) in [4.78, 5) is 19.2. The minimum atomic E-state index is 0.103. The highest BCUT2D eigenvalue weighted by Gasteiger charge is 2.26. The molecule has 24 heavy (non-hydrogen) atoms. The minimum Gasteiger partial charge on any atom is -0.485 e. The van der Waals surface area contributed by atoms with Crippen molar-refractivity contribution in [2.24, 2.45) is 0 Å². The van der Waals surface area contributed by atoms with Gasteiger partial charge < -0.3 is 9.64 Å². The lowest BCUT2D eigenvalue weighted by molar-refractivity contribution is 0.219. The third-order valence-electron chi connectivity index (χ3n) is 4.28. The average Bonchev–Trinajstić information content (AvgIpc) is 3.19. The molecule has 0 bridgehead atoms. The topological polar surface area (TPSA) is 81.3 Å². The molecule has 1 saturated heterocycles. The molecule has 4 rings (SSSR count). The first-order valence-corrected chi connectivity index (χ1v) is 7.99. The summed E-state index contributed by atoms with van der Waals surface area (Å²) in [5, 5.41) is 4.39. The molecule has 0 aromatic carbocycles. The maximum atomic E-state index is 6.27. The normalized spacial score (nSPS) is 17.6. The molecule has 0 spiro atoms. The first kappa shape index (κ1) is 14.8. The van der Waals surface area contributed by atoms with Crippen molar-refractivity contribution in [2.45, 2.75) is 33.3 Å². The molecule has 0 aliphatic carbocycles. The van der Waals surface area contributed by atoms with Crippen LogP contribution in [0.4, 0.5) is 5.69 Å². The van der Waals surface area contributed by atoms with Crippen molar-refractivity contribution in [3.8, 4) is 5.75 Å². The fraction of sp³-hybridized carbons (Fsp3) is 0.438. The van der Waals surface area contributed by atoms with Crippen molar-refractivity contribution in [1.82, 2.24) is 29.5 Å². The molecule has 3 aromatic rings. The van der Waals surface area contributed by atoms with Crippen molar-refractivity contribution in [1.29, 1.82) is 0 Å². The van der Waals surface area contributed by atoms with Gasteiger partial charge in [0, 0.05) is 13.0 Å². The van der Waals surface area contributed by atoms with E-state index in [0.717, 1.165) is 42.3 Å². The van der Waals surface area contributed by atoms with E-state index in [1.165, 1.54) is 0 Å². The molecule has 1 aliphatic heterocycles. The Hall–Kier alpha value is -2.77. The fourth-order valence-electron chi connectivity index (χ4n) is 3.11. The van der Waals surface area contributed by atoms with Crippen molar-refractivity contribution in [3.63, 3.8) is 0 Å². The van der Waals surface area contributed by atoms with E-state index in [2.05, 4.69) is 29.9 Å². The Morgan fingerprint density at radius 2 is 1.92 bits per heavy atom. The number of aromatic nitrogens is 6. The zero-order valence-corrected chi connectivity index (χ0v) is 14.0. The van der Waals surface area contributed by atoms with E-state index in [0.29, 0.717) is 11.6 Å². The number of rotatable bonds is 3. The summed E-state index contributed by atoms with van der Waals surface area (Å²) >= 11 is 0. The maximum absolute atomic E-state index is 6.27. The van der Waals surface area contributed by atoms with Gasteiger partial charge in [-0.05, 0) is 20.8 Å². The van der Waals surface area contributed by atoms with Crippen LogP contribution in [0.2, 0.25) is 0 Å². The van der Waals surface area contributed by atoms with Gasteiger partial charge in [-0.25, -0.2) is 15.0 Å². The molecule has 1 unspecified atom stereocenters. The lowest BCUT2D eigenvalue weighted by Gasteiger charge is -2.19. The standard InChI is InChI=1S/C16H19N7O/c1-10-15(11(2)23-16(19-10)20-12(3)21-23)24-14-4-5-22(8-14)13-6-17-9-18-7-13/h6-7,9,14H,4-5,8H2,1-3H3. The van der Waals surface area contributed by atoms with Crippen LogP contribution in [0.25, 0.3) is 5.78 Å². The summed E-state index contributed by atoms with van der Waals surface area (Å²) < 4.78 is 8.02. The van der Waals surface area contributed by atoms with Crippen molar-refractivity contribution >= 4 is 11.5 Å². The second-order valence-electron chi connectivity index (χ2n) is 6.05. The molecule has 0 radical (unpaired) electrons. The molecule has 0 amide bonds. The second-order valence-corrected chi connectivity index (χ2v) is 6.05. The first-order chi connectivity index (χ1) is 11.6. The number of ether oxygens (including phenoxy) is 1. The lowest BCUT2D eigenvalue weighted by Crippen LogP contribution is -2.25. The van der Waals surface area contributed by atoms with Gasteiger partial charge in [-0.3, -0.25) is 0 Å². The summed E-state index contributed by atoms with van der Waals surface area (Å²) in [7, 11) is 0. The highest BCUT2D eigenvalue weighted by atomic mass is 16.5. The van der Waals surface area contributed by atoms with Crippen LogP contribution in [0, 0.1) is 20.8 Å². The Bertz CT molecular complexity index is 877. The SMILES string of the molecule is Cc1nc2nc(C)c(OC3CCN(c4cncnc4)C3)c(C)n2n1. The van der Waals surface area contributed by atoms with Crippen LogP contribution in [-0.4, -0.2) is 48.7 Å². The van der Waals surface area contributed by atoms with E-state index in [-0.39, 0.29) is 6.10 Å². The predicted octanol–water partition coefficient (Wildman–Crippen LogP) is 1.50. The number of hydrogen-bond acceptors (Lipinski definition) is 7.